The summed E-state index contributed by atoms with van der Waals surface area (Å²) in [4.78, 5) is 11.4. The molecule has 24 heavy (non-hydrogen) atoms. The van der Waals surface area contributed by atoms with Gasteiger partial charge in [0.1, 0.15) is 5.78 Å². The number of Topliss-reactive ketones (excluding diaryl/α,β-unsaturated/α-hetero) is 1. The van der Waals surface area contributed by atoms with Gasteiger partial charge in [0, 0.05) is 19.4 Å². The molecule has 138 valence electrons. The van der Waals surface area contributed by atoms with Crippen LogP contribution in [0, 0.1) is 23.7 Å². The molecular formula is C22H38O2. The van der Waals surface area contributed by atoms with Crippen molar-refractivity contribution >= 4 is 5.78 Å². The molecule has 0 atom stereocenters. The normalized spacial score (nSPS) is 36.0. The van der Waals surface area contributed by atoms with Crippen molar-refractivity contribution < 1.29 is 9.53 Å². The fourth-order valence-corrected chi connectivity index (χ4v) is 5.64. The lowest BCUT2D eigenvalue weighted by Gasteiger charge is -2.40. The van der Waals surface area contributed by atoms with Gasteiger partial charge in [-0.15, -0.1) is 0 Å². The molecule has 0 aliphatic heterocycles. The van der Waals surface area contributed by atoms with Crippen molar-refractivity contribution in [2.45, 2.75) is 103 Å². The Hall–Kier alpha value is -0.370. The lowest BCUT2D eigenvalue weighted by molar-refractivity contribution is -0.121. The van der Waals surface area contributed by atoms with E-state index >= 15 is 0 Å². The molecule has 2 nitrogen and oxygen atoms in total. The molecule has 0 N–H and O–H groups in total. The summed E-state index contributed by atoms with van der Waals surface area (Å²) in [7, 11) is 0. The number of carbonyl (C=O) groups excluding carboxylic acids is 1. The molecule has 0 saturated heterocycles. The molecule has 3 aliphatic rings. The summed E-state index contributed by atoms with van der Waals surface area (Å²) < 4.78 is 6.04. The largest absolute Gasteiger partial charge is 0.378 e. The van der Waals surface area contributed by atoms with Crippen molar-refractivity contribution in [3.63, 3.8) is 0 Å². The Labute approximate surface area is 149 Å². The highest BCUT2D eigenvalue weighted by Crippen LogP contribution is 2.44. The van der Waals surface area contributed by atoms with Crippen molar-refractivity contribution in [1.29, 1.82) is 0 Å². The van der Waals surface area contributed by atoms with E-state index in [9.17, 15) is 4.79 Å². The minimum atomic E-state index is 0.512. The summed E-state index contributed by atoms with van der Waals surface area (Å²) in [6, 6.07) is 0. The number of unbranched alkanes of at least 4 members (excludes halogenated alkanes) is 1. The Bertz CT molecular complexity index is 365. The first-order chi connectivity index (χ1) is 11.8. The highest BCUT2D eigenvalue weighted by Gasteiger charge is 2.34. The molecule has 0 amide bonds. The quantitative estimate of drug-likeness (QED) is 0.563. The SMILES string of the molecule is CCCCOC1CCC(C2CCC(C3CCC(=O)CC3)CC2)CC1. The van der Waals surface area contributed by atoms with Crippen LogP contribution in [0.1, 0.15) is 96.8 Å². The number of ether oxygens (including phenoxy) is 1. The van der Waals surface area contributed by atoms with Gasteiger partial charge < -0.3 is 4.74 Å². The zero-order chi connectivity index (χ0) is 16.8. The predicted molar refractivity (Wildman–Crippen MR) is 99.0 cm³/mol. The summed E-state index contributed by atoms with van der Waals surface area (Å²) in [6.45, 7) is 3.21. The first-order valence-corrected chi connectivity index (χ1v) is 10.9. The van der Waals surface area contributed by atoms with Crippen LogP contribution >= 0.6 is 0 Å². The lowest BCUT2D eigenvalue weighted by Crippen LogP contribution is -2.31. The predicted octanol–water partition coefficient (Wildman–Crippen LogP) is 5.93. The third-order valence-corrected chi connectivity index (χ3v) is 7.31. The molecule has 0 spiro atoms. The molecule has 0 unspecified atom stereocenters. The van der Waals surface area contributed by atoms with Crippen molar-refractivity contribution in [1.82, 2.24) is 0 Å². The van der Waals surface area contributed by atoms with Gasteiger partial charge >= 0.3 is 0 Å². The van der Waals surface area contributed by atoms with Crippen LogP contribution in [0.2, 0.25) is 0 Å². The molecule has 0 bridgehead atoms. The second-order valence-electron chi connectivity index (χ2n) is 8.81. The van der Waals surface area contributed by atoms with Gasteiger partial charge in [-0.3, -0.25) is 4.79 Å². The summed E-state index contributed by atoms with van der Waals surface area (Å²) in [5.41, 5.74) is 0. The minimum absolute atomic E-state index is 0.512. The summed E-state index contributed by atoms with van der Waals surface area (Å²) in [5, 5.41) is 0. The van der Waals surface area contributed by atoms with E-state index < -0.39 is 0 Å². The van der Waals surface area contributed by atoms with E-state index in [1.165, 1.54) is 77.0 Å². The highest BCUT2D eigenvalue weighted by atomic mass is 16.5. The van der Waals surface area contributed by atoms with Crippen LogP contribution in [0.3, 0.4) is 0 Å². The second-order valence-corrected chi connectivity index (χ2v) is 8.81. The van der Waals surface area contributed by atoms with Crippen LogP contribution in [0.5, 0.6) is 0 Å². The molecule has 2 heteroatoms. The Kier molecular flexibility index (Phi) is 7.19. The van der Waals surface area contributed by atoms with E-state index in [-0.39, 0.29) is 0 Å². The van der Waals surface area contributed by atoms with Crippen LogP contribution in [-0.4, -0.2) is 18.5 Å². The molecule has 0 aromatic rings. The summed E-state index contributed by atoms with van der Waals surface area (Å²) in [6.07, 6.45) is 18.4. The average Bonchev–Trinajstić information content (AvgIpc) is 2.63. The van der Waals surface area contributed by atoms with Crippen molar-refractivity contribution in [3.05, 3.63) is 0 Å². The maximum atomic E-state index is 11.4. The first kappa shape index (κ1) is 18.4. The van der Waals surface area contributed by atoms with Crippen molar-refractivity contribution in [2.24, 2.45) is 23.7 Å². The molecule has 3 aliphatic carbocycles. The fourth-order valence-electron chi connectivity index (χ4n) is 5.64. The molecule has 0 aromatic carbocycles. The van der Waals surface area contributed by atoms with E-state index in [0.29, 0.717) is 11.9 Å². The van der Waals surface area contributed by atoms with Gasteiger partial charge in [-0.1, -0.05) is 13.3 Å². The Morgan fingerprint density at radius 1 is 0.750 bits per heavy atom. The van der Waals surface area contributed by atoms with Gasteiger partial charge in [0.25, 0.3) is 0 Å². The molecule has 3 saturated carbocycles. The molecule has 0 heterocycles. The van der Waals surface area contributed by atoms with Gasteiger partial charge in [0.2, 0.25) is 0 Å². The standard InChI is InChI=1S/C22H38O2/c1-2-3-16-24-22-14-10-20(11-15-22)18-6-4-17(5-7-18)19-8-12-21(23)13-9-19/h17-20,22H,2-16H2,1H3. The average molecular weight is 335 g/mol. The van der Waals surface area contributed by atoms with Crippen LogP contribution in [0.25, 0.3) is 0 Å². The van der Waals surface area contributed by atoms with Crippen LogP contribution in [-0.2, 0) is 9.53 Å². The Morgan fingerprint density at radius 3 is 1.71 bits per heavy atom. The van der Waals surface area contributed by atoms with Crippen LogP contribution in [0.15, 0.2) is 0 Å². The molecule has 3 fully saturated rings. The number of hydrogen-bond donors (Lipinski definition) is 0. The Morgan fingerprint density at radius 2 is 1.21 bits per heavy atom. The Balaban J connectivity index is 1.34. The third kappa shape index (κ3) is 5.07. The number of hydrogen-bond acceptors (Lipinski definition) is 2. The lowest BCUT2D eigenvalue weighted by atomic mass is 9.66. The van der Waals surface area contributed by atoms with Crippen molar-refractivity contribution in [3.8, 4) is 0 Å². The van der Waals surface area contributed by atoms with E-state index in [2.05, 4.69) is 6.92 Å². The maximum absolute atomic E-state index is 11.4. The molecule has 3 rings (SSSR count). The fraction of sp³-hybridized carbons (Fsp3) is 0.955. The topological polar surface area (TPSA) is 26.3 Å². The number of ketones is 1. The van der Waals surface area contributed by atoms with Gasteiger partial charge in [-0.25, -0.2) is 0 Å². The molecule has 0 radical (unpaired) electrons. The van der Waals surface area contributed by atoms with Crippen LogP contribution in [0.4, 0.5) is 0 Å². The number of carbonyl (C=O) groups is 1. The summed E-state index contributed by atoms with van der Waals surface area (Å²) >= 11 is 0. The first-order valence-electron chi connectivity index (χ1n) is 10.9. The molecule has 0 aromatic heterocycles. The zero-order valence-corrected chi connectivity index (χ0v) is 15.8. The second kappa shape index (κ2) is 9.36. The number of rotatable bonds is 6. The van der Waals surface area contributed by atoms with E-state index in [1.807, 2.05) is 0 Å². The summed E-state index contributed by atoms with van der Waals surface area (Å²) in [5.74, 6) is 4.28. The van der Waals surface area contributed by atoms with Gasteiger partial charge in [0.15, 0.2) is 0 Å². The van der Waals surface area contributed by atoms with E-state index in [1.54, 1.807) is 0 Å². The van der Waals surface area contributed by atoms with Gasteiger partial charge in [-0.2, -0.15) is 0 Å². The zero-order valence-electron chi connectivity index (χ0n) is 15.8. The maximum Gasteiger partial charge on any atom is 0.132 e. The third-order valence-electron chi connectivity index (χ3n) is 7.31. The van der Waals surface area contributed by atoms with E-state index in [4.69, 9.17) is 4.74 Å². The smallest absolute Gasteiger partial charge is 0.132 e. The van der Waals surface area contributed by atoms with Crippen LogP contribution < -0.4 is 0 Å². The minimum Gasteiger partial charge on any atom is -0.378 e. The molecular weight excluding hydrogens is 296 g/mol. The van der Waals surface area contributed by atoms with Gasteiger partial charge in [0.05, 0.1) is 6.10 Å². The monoisotopic (exact) mass is 334 g/mol. The highest BCUT2D eigenvalue weighted by molar-refractivity contribution is 5.79. The van der Waals surface area contributed by atoms with E-state index in [0.717, 1.165) is 43.1 Å². The van der Waals surface area contributed by atoms with Gasteiger partial charge in [-0.05, 0) is 94.3 Å². The van der Waals surface area contributed by atoms with Crippen molar-refractivity contribution in [2.75, 3.05) is 6.61 Å².